The van der Waals surface area contributed by atoms with Gasteiger partial charge < -0.3 is 15.8 Å². The lowest BCUT2D eigenvalue weighted by Gasteiger charge is -2.42. The van der Waals surface area contributed by atoms with Gasteiger partial charge in [0.05, 0.1) is 23.5 Å². The minimum atomic E-state index is 0.0823. The van der Waals surface area contributed by atoms with E-state index in [1.165, 1.54) is 0 Å². The largest absolute Gasteiger partial charge is 0.376 e. The van der Waals surface area contributed by atoms with Crippen molar-refractivity contribution in [3.8, 4) is 0 Å². The zero-order chi connectivity index (χ0) is 13.8. The van der Waals surface area contributed by atoms with Crippen LogP contribution in [0.1, 0.15) is 38.6 Å². The number of anilines is 1. The highest BCUT2D eigenvalue weighted by Crippen LogP contribution is 2.25. The SMILES string of the molecule is CCOC1CC(N)C1Nc1nnc(CC)c(CC)n1. The molecule has 1 heterocycles. The Balaban J connectivity index is 2.06. The van der Waals surface area contributed by atoms with Gasteiger partial charge in [0.25, 0.3) is 0 Å². The second-order valence-electron chi connectivity index (χ2n) is 4.80. The summed E-state index contributed by atoms with van der Waals surface area (Å²) in [7, 11) is 0. The summed E-state index contributed by atoms with van der Waals surface area (Å²) in [6, 6.07) is 0.176. The van der Waals surface area contributed by atoms with Gasteiger partial charge in [0.1, 0.15) is 0 Å². The summed E-state index contributed by atoms with van der Waals surface area (Å²) in [5.74, 6) is 0.555. The maximum Gasteiger partial charge on any atom is 0.243 e. The number of rotatable bonds is 6. The van der Waals surface area contributed by atoms with Gasteiger partial charge >= 0.3 is 0 Å². The van der Waals surface area contributed by atoms with Crippen molar-refractivity contribution in [2.24, 2.45) is 5.73 Å². The van der Waals surface area contributed by atoms with Gasteiger partial charge in [-0.1, -0.05) is 13.8 Å². The van der Waals surface area contributed by atoms with Gasteiger partial charge in [-0.2, -0.15) is 5.10 Å². The first kappa shape index (κ1) is 14.1. The molecule has 19 heavy (non-hydrogen) atoms. The number of nitrogens with zero attached hydrogens (tertiary/aromatic N) is 3. The van der Waals surface area contributed by atoms with Gasteiger partial charge in [-0.05, 0) is 26.2 Å². The molecule has 2 rings (SSSR count). The highest BCUT2D eigenvalue weighted by molar-refractivity contribution is 5.30. The van der Waals surface area contributed by atoms with E-state index in [2.05, 4.69) is 34.3 Å². The van der Waals surface area contributed by atoms with Crippen molar-refractivity contribution in [1.29, 1.82) is 0 Å². The number of nitrogens with one attached hydrogen (secondary N) is 1. The Labute approximate surface area is 114 Å². The van der Waals surface area contributed by atoms with Crippen molar-refractivity contribution >= 4 is 5.95 Å². The Kier molecular flexibility index (Phi) is 4.66. The Bertz CT molecular complexity index is 423. The summed E-state index contributed by atoms with van der Waals surface area (Å²) in [5, 5.41) is 11.6. The molecule has 1 aromatic rings. The lowest BCUT2D eigenvalue weighted by Crippen LogP contribution is -2.60. The highest BCUT2D eigenvalue weighted by atomic mass is 16.5. The van der Waals surface area contributed by atoms with Crippen LogP contribution in [0.3, 0.4) is 0 Å². The third kappa shape index (κ3) is 3.01. The first-order chi connectivity index (χ1) is 9.19. The Morgan fingerprint density at radius 1 is 1.21 bits per heavy atom. The quantitative estimate of drug-likeness (QED) is 0.795. The summed E-state index contributed by atoms with van der Waals surface area (Å²) in [4.78, 5) is 4.52. The molecule has 0 aliphatic heterocycles. The average Bonchev–Trinajstić information content (AvgIpc) is 2.44. The summed E-state index contributed by atoms with van der Waals surface area (Å²) in [6.45, 7) is 6.82. The van der Waals surface area contributed by atoms with Gasteiger partial charge in [-0.25, -0.2) is 4.98 Å². The molecule has 6 heteroatoms. The van der Waals surface area contributed by atoms with Crippen molar-refractivity contribution in [3.05, 3.63) is 11.4 Å². The molecular weight excluding hydrogens is 242 g/mol. The van der Waals surface area contributed by atoms with E-state index in [4.69, 9.17) is 10.5 Å². The standard InChI is InChI=1S/C13H23N5O/c1-4-9-10(5-2)17-18-13(15-9)16-12-8(14)7-11(12)19-6-3/h8,11-12H,4-7,14H2,1-3H3,(H,15,16,18). The van der Waals surface area contributed by atoms with Gasteiger partial charge in [-0.3, -0.25) is 0 Å². The second kappa shape index (κ2) is 6.25. The fourth-order valence-corrected chi connectivity index (χ4v) is 2.38. The molecule has 3 atom stereocenters. The summed E-state index contributed by atoms with van der Waals surface area (Å²) < 4.78 is 5.62. The lowest BCUT2D eigenvalue weighted by molar-refractivity contribution is -0.0128. The van der Waals surface area contributed by atoms with Crippen molar-refractivity contribution in [2.45, 2.75) is 58.2 Å². The number of ether oxygens (including phenoxy) is 1. The fraction of sp³-hybridized carbons (Fsp3) is 0.769. The van der Waals surface area contributed by atoms with Gasteiger partial charge in [-0.15, -0.1) is 5.10 Å². The van der Waals surface area contributed by atoms with E-state index >= 15 is 0 Å². The number of aryl methyl sites for hydroxylation is 2. The predicted octanol–water partition coefficient (Wildman–Crippen LogP) is 0.913. The van der Waals surface area contributed by atoms with E-state index in [-0.39, 0.29) is 18.2 Å². The molecule has 1 aliphatic carbocycles. The molecule has 0 saturated heterocycles. The zero-order valence-corrected chi connectivity index (χ0v) is 11.9. The molecule has 3 N–H and O–H groups in total. The van der Waals surface area contributed by atoms with Crippen LogP contribution in [0.25, 0.3) is 0 Å². The molecule has 1 saturated carbocycles. The van der Waals surface area contributed by atoms with Crippen LogP contribution >= 0.6 is 0 Å². The van der Waals surface area contributed by atoms with Crippen molar-refractivity contribution in [3.63, 3.8) is 0 Å². The summed E-state index contributed by atoms with van der Waals surface area (Å²) in [6.07, 6.45) is 2.75. The summed E-state index contributed by atoms with van der Waals surface area (Å²) >= 11 is 0. The number of aromatic nitrogens is 3. The summed E-state index contributed by atoms with van der Waals surface area (Å²) in [5.41, 5.74) is 7.97. The first-order valence-corrected chi connectivity index (χ1v) is 7.05. The van der Waals surface area contributed by atoms with Crippen molar-refractivity contribution in [1.82, 2.24) is 15.2 Å². The molecule has 0 radical (unpaired) electrons. The Hall–Kier alpha value is -1.27. The van der Waals surface area contributed by atoms with E-state index in [9.17, 15) is 0 Å². The molecule has 0 bridgehead atoms. The van der Waals surface area contributed by atoms with Crippen LogP contribution in [-0.4, -0.2) is 40.0 Å². The van der Waals surface area contributed by atoms with Crippen LogP contribution in [0.15, 0.2) is 0 Å². The van der Waals surface area contributed by atoms with Crippen LogP contribution in [0.2, 0.25) is 0 Å². The van der Waals surface area contributed by atoms with Gasteiger partial charge in [0.15, 0.2) is 0 Å². The molecule has 0 aromatic carbocycles. The number of hydrogen-bond acceptors (Lipinski definition) is 6. The zero-order valence-electron chi connectivity index (χ0n) is 11.9. The van der Waals surface area contributed by atoms with Crippen LogP contribution in [-0.2, 0) is 17.6 Å². The van der Waals surface area contributed by atoms with Crippen LogP contribution < -0.4 is 11.1 Å². The molecule has 106 valence electrons. The number of hydrogen-bond donors (Lipinski definition) is 2. The van der Waals surface area contributed by atoms with Crippen LogP contribution in [0, 0.1) is 0 Å². The minimum Gasteiger partial charge on any atom is -0.376 e. The van der Waals surface area contributed by atoms with E-state index in [0.29, 0.717) is 12.6 Å². The van der Waals surface area contributed by atoms with Crippen molar-refractivity contribution in [2.75, 3.05) is 11.9 Å². The maximum atomic E-state index is 6.00. The average molecular weight is 265 g/mol. The molecule has 6 nitrogen and oxygen atoms in total. The molecule has 1 aromatic heterocycles. The van der Waals surface area contributed by atoms with Crippen LogP contribution in [0.4, 0.5) is 5.95 Å². The fourth-order valence-electron chi connectivity index (χ4n) is 2.38. The Morgan fingerprint density at radius 3 is 2.53 bits per heavy atom. The van der Waals surface area contributed by atoms with Gasteiger partial charge in [0.2, 0.25) is 5.95 Å². The molecular formula is C13H23N5O. The predicted molar refractivity (Wildman–Crippen MR) is 74.0 cm³/mol. The molecule has 0 amide bonds. The highest BCUT2D eigenvalue weighted by Gasteiger charge is 2.39. The van der Waals surface area contributed by atoms with Crippen molar-refractivity contribution < 1.29 is 4.74 Å². The topological polar surface area (TPSA) is 86.0 Å². The smallest absolute Gasteiger partial charge is 0.243 e. The second-order valence-corrected chi connectivity index (χ2v) is 4.80. The van der Waals surface area contributed by atoms with Crippen LogP contribution in [0.5, 0.6) is 0 Å². The third-order valence-corrected chi connectivity index (χ3v) is 3.55. The molecule has 1 aliphatic rings. The first-order valence-electron chi connectivity index (χ1n) is 7.05. The molecule has 0 spiro atoms. The minimum absolute atomic E-state index is 0.0823. The monoisotopic (exact) mass is 265 g/mol. The molecule has 1 fully saturated rings. The maximum absolute atomic E-state index is 6.00. The van der Waals surface area contributed by atoms with E-state index in [1.54, 1.807) is 0 Å². The Morgan fingerprint density at radius 2 is 1.95 bits per heavy atom. The van der Waals surface area contributed by atoms with E-state index in [0.717, 1.165) is 30.7 Å². The third-order valence-electron chi connectivity index (χ3n) is 3.55. The normalized spacial score (nSPS) is 26.0. The molecule has 3 unspecified atom stereocenters. The van der Waals surface area contributed by atoms with Gasteiger partial charge in [0, 0.05) is 12.6 Å². The number of nitrogens with two attached hydrogens (primary N) is 1. The van der Waals surface area contributed by atoms with E-state index in [1.807, 2.05) is 6.92 Å². The lowest BCUT2D eigenvalue weighted by atomic mass is 9.83. The van der Waals surface area contributed by atoms with E-state index < -0.39 is 0 Å².